The van der Waals surface area contributed by atoms with Crippen molar-refractivity contribution in [2.24, 2.45) is 0 Å². The number of aliphatic hydroxyl groups is 1. The summed E-state index contributed by atoms with van der Waals surface area (Å²) in [6, 6.07) is 0. The van der Waals surface area contributed by atoms with E-state index >= 15 is 0 Å². The molecule has 56 valence electrons. The maximum Gasteiger partial charge on any atom is 0.127 e. The number of allylic oxidation sites excluding steroid dienone is 1. The van der Waals surface area contributed by atoms with Gasteiger partial charge in [0.05, 0.1) is 6.10 Å². The Kier molecular flexibility index (Phi) is 3.69. The summed E-state index contributed by atoms with van der Waals surface area (Å²) in [6.07, 6.45) is 2.82. The molecule has 0 aliphatic heterocycles. The Balaban J connectivity index is 4.13. The standard InChI is InChI=1S/C8H13NO/c1-4-8(9)5-6(2)7(3)10/h4-5,7,10H,1-2,9H2,3H3/p+1/b8-5+. The summed E-state index contributed by atoms with van der Waals surface area (Å²) in [7, 11) is 0. The van der Waals surface area contributed by atoms with Crippen molar-refractivity contribution in [3.05, 3.63) is 36.6 Å². The number of hydrogen-bond donors (Lipinski definition) is 2. The summed E-state index contributed by atoms with van der Waals surface area (Å²) < 4.78 is 0. The molecule has 0 rings (SSSR count). The average molecular weight is 140 g/mol. The first-order chi connectivity index (χ1) is 4.57. The van der Waals surface area contributed by atoms with Crippen molar-refractivity contribution in [3.63, 3.8) is 0 Å². The van der Waals surface area contributed by atoms with Gasteiger partial charge in [0.15, 0.2) is 0 Å². The van der Waals surface area contributed by atoms with Gasteiger partial charge in [-0.2, -0.15) is 0 Å². The molecule has 10 heavy (non-hydrogen) atoms. The highest BCUT2D eigenvalue weighted by Gasteiger charge is 1.98. The van der Waals surface area contributed by atoms with Crippen LogP contribution in [0, 0.1) is 0 Å². The molecular formula is C8H14NO+. The molecule has 0 aromatic heterocycles. The van der Waals surface area contributed by atoms with E-state index in [0.29, 0.717) is 5.57 Å². The third kappa shape index (κ3) is 3.22. The van der Waals surface area contributed by atoms with E-state index in [1.807, 2.05) is 0 Å². The summed E-state index contributed by atoms with van der Waals surface area (Å²) in [5.41, 5.74) is 5.08. The van der Waals surface area contributed by atoms with Crippen molar-refractivity contribution in [1.82, 2.24) is 0 Å². The highest BCUT2D eigenvalue weighted by Crippen LogP contribution is 2.00. The molecule has 0 radical (unpaired) electrons. The zero-order valence-corrected chi connectivity index (χ0v) is 6.30. The average Bonchev–Trinajstić information content (AvgIpc) is 1.87. The highest BCUT2D eigenvalue weighted by atomic mass is 16.3. The van der Waals surface area contributed by atoms with Gasteiger partial charge in [-0.25, -0.2) is 0 Å². The van der Waals surface area contributed by atoms with E-state index in [9.17, 15) is 0 Å². The van der Waals surface area contributed by atoms with Gasteiger partial charge in [0, 0.05) is 6.08 Å². The maximum absolute atomic E-state index is 8.96. The molecule has 0 amide bonds. The lowest BCUT2D eigenvalue weighted by Gasteiger charge is -2.00. The molecule has 0 bridgehead atoms. The van der Waals surface area contributed by atoms with Crippen LogP contribution in [0.5, 0.6) is 0 Å². The first-order valence-corrected chi connectivity index (χ1v) is 3.11. The Bertz CT molecular complexity index is 168. The lowest BCUT2D eigenvalue weighted by atomic mass is 10.1. The minimum Gasteiger partial charge on any atom is -0.389 e. The van der Waals surface area contributed by atoms with Crippen molar-refractivity contribution in [1.29, 1.82) is 0 Å². The topological polar surface area (TPSA) is 47.9 Å². The fourth-order valence-electron chi connectivity index (χ4n) is 0.418. The van der Waals surface area contributed by atoms with Crippen molar-refractivity contribution in [2.75, 3.05) is 0 Å². The summed E-state index contributed by atoms with van der Waals surface area (Å²) in [5, 5.41) is 8.96. The molecule has 4 N–H and O–H groups in total. The quantitative estimate of drug-likeness (QED) is 0.542. The zero-order valence-electron chi connectivity index (χ0n) is 6.30. The van der Waals surface area contributed by atoms with Crippen LogP contribution in [-0.2, 0) is 0 Å². The summed E-state index contributed by atoms with van der Waals surface area (Å²) in [4.78, 5) is 0. The Morgan fingerprint density at radius 3 is 2.50 bits per heavy atom. The molecule has 0 saturated heterocycles. The molecule has 0 aromatic rings. The van der Waals surface area contributed by atoms with Crippen LogP contribution < -0.4 is 5.73 Å². The molecule has 0 saturated carbocycles. The van der Waals surface area contributed by atoms with Gasteiger partial charge in [0.25, 0.3) is 0 Å². The van der Waals surface area contributed by atoms with Gasteiger partial charge in [-0.1, -0.05) is 13.2 Å². The van der Waals surface area contributed by atoms with E-state index < -0.39 is 6.10 Å². The molecule has 0 aromatic carbocycles. The molecule has 0 heterocycles. The van der Waals surface area contributed by atoms with Gasteiger partial charge in [0.2, 0.25) is 0 Å². The normalized spacial score (nSPS) is 14.5. The molecule has 0 aliphatic rings. The minimum absolute atomic E-state index is 0.503. The fraction of sp³-hybridized carbons (Fsp3) is 0.250. The van der Waals surface area contributed by atoms with Gasteiger partial charge in [-0.3, -0.25) is 0 Å². The molecule has 1 unspecified atom stereocenters. The Labute approximate surface area is 61.4 Å². The second-order valence-electron chi connectivity index (χ2n) is 2.17. The second kappa shape index (κ2) is 4.04. The van der Waals surface area contributed by atoms with E-state index in [1.54, 1.807) is 19.1 Å². The van der Waals surface area contributed by atoms with Gasteiger partial charge in [-0.15, -0.1) is 0 Å². The van der Waals surface area contributed by atoms with Gasteiger partial charge in [-0.05, 0) is 18.6 Å². The fourth-order valence-corrected chi connectivity index (χ4v) is 0.418. The molecule has 2 nitrogen and oxygen atoms in total. The second-order valence-corrected chi connectivity index (χ2v) is 2.17. The summed E-state index contributed by atoms with van der Waals surface area (Å²) in [5.74, 6) is 0. The predicted molar refractivity (Wildman–Crippen MR) is 42.0 cm³/mol. The van der Waals surface area contributed by atoms with Crippen LogP contribution in [0.15, 0.2) is 36.6 Å². The van der Waals surface area contributed by atoms with Gasteiger partial charge in [0.1, 0.15) is 5.70 Å². The monoisotopic (exact) mass is 140 g/mol. The van der Waals surface area contributed by atoms with Crippen molar-refractivity contribution in [2.45, 2.75) is 13.0 Å². The minimum atomic E-state index is -0.503. The number of rotatable bonds is 3. The van der Waals surface area contributed by atoms with E-state index in [1.165, 1.54) is 0 Å². The predicted octanol–water partition coefficient (Wildman–Crippen LogP) is 0.235. The molecule has 1 atom stereocenters. The number of hydrogen-bond acceptors (Lipinski definition) is 1. The van der Waals surface area contributed by atoms with Gasteiger partial charge < -0.3 is 10.8 Å². The first kappa shape index (κ1) is 9.14. The Morgan fingerprint density at radius 1 is 1.70 bits per heavy atom. The highest BCUT2D eigenvalue weighted by molar-refractivity contribution is 5.23. The molecular weight excluding hydrogens is 126 g/mol. The molecule has 0 spiro atoms. The summed E-state index contributed by atoms with van der Waals surface area (Å²) >= 11 is 0. The number of aliphatic hydroxyl groups excluding tert-OH is 1. The van der Waals surface area contributed by atoms with Crippen LogP contribution in [0.3, 0.4) is 0 Å². The van der Waals surface area contributed by atoms with Crippen LogP contribution in [0.1, 0.15) is 6.92 Å². The van der Waals surface area contributed by atoms with Crippen molar-refractivity contribution in [3.8, 4) is 0 Å². The zero-order chi connectivity index (χ0) is 8.15. The van der Waals surface area contributed by atoms with Gasteiger partial charge >= 0.3 is 0 Å². The van der Waals surface area contributed by atoms with Crippen LogP contribution in [0.25, 0.3) is 0 Å². The molecule has 2 heteroatoms. The number of quaternary nitrogens is 1. The lowest BCUT2D eigenvalue weighted by molar-refractivity contribution is -0.295. The molecule has 0 aliphatic carbocycles. The van der Waals surface area contributed by atoms with Crippen molar-refractivity contribution < 1.29 is 10.8 Å². The van der Waals surface area contributed by atoms with E-state index in [2.05, 4.69) is 18.9 Å². The third-order valence-corrected chi connectivity index (χ3v) is 1.17. The summed E-state index contributed by atoms with van der Waals surface area (Å²) in [6.45, 7) is 8.81. The van der Waals surface area contributed by atoms with Crippen LogP contribution in [0.2, 0.25) is 0 Å². The van der Waals surface area contributed by atoms with Crippen molar-refractivity contribution >= 4 is 0 Å². The Hall–Kier alpha value is -0.860. The van der Waals surface area contributed by atoms with Crippen LogP contribution in [0.4, 0.5) is 0 Å². The van der Waals surface area contributed by atoms with Crippen LogP contribution >= 0.6 is 0 Å². The third-order valence-electron chi connectivity index (χ3n) is 1.17. The van der Waals surface area contributed by atoms with E-state index in [-0.39, 0.29) is 0 Å². The molecule has 0 fully saturated rings. The van der Waals surface area contributed by atoms with E-state index in [0.717, 1.165) is 5.70 Å². The largest absolute Gasteiger partial charge is 0.389 e. The Morgan fingerprint density at radius 2 is 2.20 bits per heavy atom. The SMILES string of the molecule is C=C/C([NH3+])=C\C(=C)C(C)O. The maximum atomic E-state index is 8.96. The van der Waals surface area contributed by atoms with Crippen LogP contribution in [-0.4, -0.2) is 11.2 Å². The lowest BCUT2D eigenvalue weighted by Crippen LogP contribution is -2.46. The van der Waals surface area contributed by atoms with E-state index in [4.69, 9.17) is 5.11 Å². The first-order valence-electron chi connectivity index (χ1n) is 3.11. The smallest absolute Gasteiger partial charge is 0.127 e.